The van der Waals surface area contributed by atoms with E-state index in [1.165, 1.54) is 0 Å². The molecule has 0 atom stereocenters. The number of rotatable bonds is 2. The van der Waals surface area contributed by atoms with E-state index in [9.17, 15) is 0 Å². The number of aromatic amines is 1. The topological polar surface area (TPSA) is 48.0 Å². The van der Waals surface area contributed by atoms with Crippen molar-refractivity contribution in [1.82, 2.24) is 19.9 Å². The predicted molar refractivity (Wildman–Crippen MR) is 71.5 cm³/mol. The number of hydrogen-bond acceptors (Lipinski definition) is 4. The molecule has 0 aliphatic carbocycles. The van der Waals surface area contributed by atoms with E-state index in [0.29, 0.717) is 0 Å². The van der Waals surface area contributed by atoms with Crippen LogP contribution in [0.25, 0.3) is 11.3 Å². The second-order valence-corrected chi connectivity index (χ2v) is 4.65. The SMILES string of the molecule is CN1CCN(c2ncc(-c3ccc[nH]3)cn2)CC1. The maximum Gasteiger partial charge on any atom is 0.225 e. The molecule has 0 radical (unpaired) electrons. The van der Waals surface area contributed by atoms with Crippen molar-refractivity contribution in [3.8, 4) is 11.3 Å². The van der Waals surface area contributed by atoms with Crippen molar-refractivity contribution >= 4 is 5.95 Å². The summed E-state index contributed by atoms with van der Waals surface area (Å²) in [4.78, 5) is 16.6. The Kier molecular flexibility index (Phi) is 2.98. The summed E-state index contributed by atoms with van der Waals surface area (Å²) in [6, 6.07) is 4.00. The molecule has 3 heterocycles. The summed E-state index contributed by atoms with van der Waals surface area (Å²) in [5.41, 5.74) is 2.08. The van der Waals surface area contributed by atoms with E-state index in [-0.39, 0.29) is 0 Å². The van der Waals surface area contributed by atoms with Crippen molar-refractivity contribution in [3.05, 3.63) is 30.7 Å². The highest BCUT2D eigenvalue weighted by Gasteiger charge is 2.16. The third-order valence-electron chi connectivity index (χ3n) is 3.33. The number of nitrogens with one attached hydrogen (secondary N) is 1. The van der Waals surface area contributed by atoms with Crippen LogP contribution in [0, 0.1) is 0 Å². The maximum atomic E-state index is 4.46. The summed E-state index contributed by atoms with van der Waals surface area (Å²) < 4.78 is 0. The molecule has 0 aromatic carbocycles. The molecular weight excluding hydrogens is 226 g/mol. The van der Waals surface area contributed by atoms with E-state index >= 15 is 0 Å². The summed E-state index contributed by atoms with van der Waals surface area (Å²) in [5.74, 6) is 0.832. The lowest BCUT2D eigenvalue weighted by atomic mass is 10.2. The molecule has 5 nitrogen and oxygen atoms in total. The predicted octanol–water partition coefficient (Wildman–Crippen LogP) is 1.22. The number of nitrogens with zero attached hydrogens (tertiary/aromatic N) is 4. The van der Waals surface area contributed by atoms with Gasteiger partial charge in [-0.3, -0.25) is 0 Å². The molecule has 1 saturated heterocycles. The fourth-order valence-corrected chi connectivity index (χ4v) is 2.14. The summed E-state index contributed by atoms with van der Waals surface area (Å²) in [6.45, 7) is 4.14. The van der Waals surface area contributed by atoms with Gasteiger partial charge in [0.25, 0.3) is 0 Å². The molecule has 94 valence electrons. The molecule has 2 aromatic heterocycles. The lowest BCUT2D eigenvalue weighted by molar-refractivity contribution is 0.311. The minimum absolute atomic E-state index is 0.832. The minimum Gasteiger partial charge on any atom is -0.361 e. The van der Waals surface area contributed by atoms with Gasteiger partial charge >= 0.3 is 0 Å². The quantitative estimate of drug-likeness (QED) is 0.861. The van der Waals surface area contributed by atoms with E-state index in [2.05, 4.69) is 31.8 Å². The normalized spacial score (nSPS) is 17.1. The fraction of sp³-hybridized carbons (Fsp3) is 0.385. The average Bonchev–Trinajstić information content (AvgIpc) is 2.94. The second kappa shape index (κ2) is 4.78. The van der Waals surface area contributed by atoms with Crippen molar-refractivity contribution < 1.29 is 0 Å². The Labute approximate surface area is 106 Å². The van der Waals surface area contributed by atoms with Crippen molar-refractivity contribution in [3.63, 3.8) is 0 Å². The molecule has 0 saturated carbocycles. The highest BCUT2D eigenvalue weighted by atomic mass is 15.3. The van der Waals surface area contributed by atoms with E-state index in [0.717, 1.165) is 43.4 Å². The molecule has 1 aliphatic rings. The molecule has 3 rings (SSSR count). The second-order valence-electron chi connectivity index (χ2n) is 4.65. The van der Waals surface area contributed by atoms with Gasteiger partial charge in [0, 0.05) is 56.0 Å². The van der Waals surface area contributed by atoms with Crippen LogP contribution >= 0.6 is 0 Å². The number of H-pyrrole nitrogens is 1. The van der Waals surface area contributed by atoms with Gasteiger partial charge in [-0.05, 0) is 19.2 Å². The van der Waals surface area contributed by atoms with Crippen LogP contribution in [0.15, 0.2) is 30.7 Å². The van der Waals surface area contributed by atoms with Crippen LogP contribution in [-0.2, 0) is 0 Å². The summed E-state index contributed by atoms with van der Waals surface area (Å²) in [7, 11) is 2.15. The molecule has 0 bridgehead atoms. The van der Waals surface area contributed by atoms with Crippen LogP contribution in [0.2, 0.25) is 0 Å². The first-order chi connectivity index (χ1) is 8.83. The Balaban J connectivity index is 1.75. The number of aromatic nitrogens is 3. The third kappa shape index (κ3) is 2.22. The lowest BCUT2D eigenvalue weighted by Gasteiger charge is -2.32. The zero-order valence-corrected chi connectivity index (χ0v) is 10.5. The number of likely N-dealkylation sites (N-methyl/N-ethyl adjacent to an activating group) is 1. The van der Waals surface area contributed by atoms with Gasteiger partial charge < -0.3 is 14.8 Å². The van der Waals surface area contributed by atoms with Gasteiger partial charge in [-0.25, -0.2) is 9.97 Å². The highest BCUT2D eigenvalue weighted by molar-refractivity contribution is 5.57. The summed E-state index contributed by atoms with van der Waals surface area (Å²) in [5, 5.41) is 0. The van der Waals surface area contributed by atoms with E-state index in [1.54, 1.807) is 0 Å². The Morgan fingerprint density at radius 1 is 1.11 bits per heavy atom. The fourth-order valence-electron chi connectivity index (χ4n) is 2.14. The van der Waals surface area contributed by atoms with Gasteiger partial charge in [-0.1, -0.05) is 0 Å². The zero-order chi connectivity index (χ0) is 12.4. The van der Waals surface area contributed by atoms with Crippen LogP contribution in [0.5, 0.6) is 0 Å². The van der Waals surface area contributed by atoms with Crippen LogP contribution in [-0.4, -0.2) is 53.1 Å². The molecule has 0 unspecified atom stereocenters. The monoisotopic (exact) mass is 243 g/mol. The van der Waals surface area contributed by atoms with Crippen LogP contribution in [0.4, 0.5) is 5.95 Å². The van der Waals surface area contributed by atoms with Crippen molar-refractivity contribution in [2.75, 3.05) is 38.1 Å². The molecule has 1 aliphatic heterocycles. The standard InChI is InChI=1S/C13H17N5/c1-17-5-7-18(8-6-17)13-15-9-11(10-16-13)12-3-2-4-14-12/h2-4,9-10,14H,5-8H2,1H3. The summed E-state index contributed by atoms with van der Waals surface area (Å²) in [6.07, 6.45) is 5.67. The zero-order valence-electron chi connectivity index (χ0n) is 10.5. The number of anilines is 1. The minimum atomic E-state index is 0.832. The van der Waals surface area contributed by atoms with Crippen molar-refractivity contribution in [2.45, 2.75) is 0 Å². The van der Waals surface area contributed by atoms with Crippen LogP contribution in [0.3, 0.4) is 0 Å². The molecule has 5 heteroatoms. The first-order valence-corrected chi connectivity index (χ1v) is 6.22. The van der Waals surface area contributed by atoms with E-state index < -0.39 is 0 Å². The molecular formula is C13H17N5. The van der Waals surface area contributed by atoms with Gasteiger partial charge in [-0.2, -0.15) is 0 Å². The highest BCUT2D eigenvalue weighted by Crippen LogP contribution is 2.17. The van der Waals surface area contributed by atoms with Crippen molar-refractivity contribution in [1.29, 1.82) is 0 Å². The largest absolute Gasteiger partial charge is 0.361 e. The smallest absolute Gasteiger partial charge is 0.225 e. The first-order valence-electron chi connectivity index (χ1n) is 6.22. The Morgan fingerprint density at radius 2 is 1.83 bits per heavy atom. The molecule has 1 N–H and O–H groups in total. The number of hydrogen-bond donors (Lipinski definition) is 1. The third-order valence-corrected chi connectivity index (χ3v) is 3.33. The van der Waals surface area contributed by atoms with Gasteiger partial charge in [0.05, 0.1) is 0 Å². The van der Waals surface area contributed by atoms with Crippen molar-refractivity contribution in [2.24, 2.45) is 0 Å². The molecule has 1 fully saturated rings. The Bertz CT molecular complexity index is 483. The number of piperazine rings is 1. The summed E-state index contributed by atoms with van der Waals surface area (Å²) >= 11 is 0. The molecule has 0 amide bonds. The van der Waals surface area contributed by atoms with Gasteiger partial charge in [0.15, 0.2) is 0 Å². The van der Waals surface area contributed by atoms with Crippen LogP contribution < -0.4 is 4.90 Å². The molecule has 18 heavy (non-hydrogen) atoms. The average molecular weight is 243 g/mol. The Morgan fingerprint density at radius 3 is 2.44 bits per heavy atom. The van der Waals surface area contributed by atoms with Gasteiger partial charge in [0.1, 0.15) is 0 Å². The van der Waals surface area contributed by atoms with Crippen LogP contribution in [0.1, 0.15) is 0 Å². The first kappa shape index (κ1) is 11.2. The molecule has 2 aromatic rings. The van der Waals surface area contributed by atoms with Gasteiger partial charge in [0.2, 0.25) is 5.95 Å². The van der Waals surface area contributed by atoms with E-state index in [4.69, 9.17) is 0 Å². The molecule has 0 spiro atoms. The maximum absolute atomic E-state index is 4.46. The Hall–Kier alpha value is -1.88. The van der Waals surface area contributed by atoms with Gasteiger partial charge in [-0.15, -0.1) is 0 Å². The van der Waals surface area contributed by atoms with E-state index in [1.807, 2.05) is 30.7 Å². The lowest BCUT2D eigenvalue weighted by Crippen LogP contribution is -2.45.